The van der Waals surface area contributed by atoms with E-state index in [1.54, 1.807) is 4.90 Å². The van der Waals surface area contributed by atoms with Gasteiger partial charge in [0.1, 0.15) is 0 Å². The highest BCUT2D eigenvalue weighted by Crippen LogP contribution is 2.33. The van der Waals surface area contributed by atoms with Gasteiger partial charge in [-0.25, -0.2) is 4.79 Å². The highest BCUT2D eigenvalue weighted by Gasteiger charge is 2.35. The Bertz CT molecular complexity index is 654. The number of likely N-dealkylation sites (tertiary alicyclic amines) is 1. The summed E-state index contributed by atoms with van der Waals surface area (Å²) in [6.45, 7) is 3.00. The van der Waals surface area contributed by atoms with E-state index in [0.29, 0.717) is 30.5 Å². The first-order valence-electron chi connectivity index (χ1n) is 8.32. The number of hydrogen-bond donors (Lipinski definition) is 1. The maximum absolute atomic E-state index is 12.8. The van der Waals surface area contributed by atoms with E-state index in [1.807, 2.05) is 29.2 Å². The highest BCUT2D eigenvalue weighted by atomic mass is 16.2. The van der Waals surface area contributed by atoms with Crippen molar-refractivity contribution in [1.82, 2.24) is 10.2 Å². The van der Waals surface area contributed by atoms with Gasteiger partial charge in [-0.3, -0.25) is 9.69 Å². The average molecular weight is 311 g/mol. The lowest BCUT2D eigenvalue weighted by molar-refractivity contribution is 0.0784. The second kappa shape index (κ2) is 5.72. The first-order chi connectivity index (χ1) is 11.2. The molecule has 2 fully saturated rings. The Balaban J connectivity index is 1.52. The Labute approximate surface area is 135 Å². The van der Waals surface area contributed by atoms with Gasteiger partial charge in [0, 0.05) is 37.4 Å². The van der Waals surface area contributed by atoms with Crippen LogP contribution in [0.3, 0.4) is 0 Å². The van der Waals surface area contributed by atoms with Crippen LogP contribution in [0.1, 0.15) is 23.2 Å². The minimum Gasteiger partial charge on any atom is -0.338 e. The normalized spacial score (nSPS) is 26.3. The summed E-state index contributed by atoms with van der Waals surface area (Å²) < 4.78 is 0. The number of anilines is 1. The molecule has 0 unspecified atom stereocenters. The Morgan fingerprint density at radius 1 is 1.13 bits per heavy atom. The van der Waals surface area contributed by atoms with E-state index >= 15 is 0 Å². The van der Waals surface area contributed by atoms with Crippen LogP contribution in [-0.4, -0.2) is 43.0 Å². The predicted octanol–water partition coefficient (Wildman–Crippen LogP) is 2.25. The van der Waals surface area contributed by atoms with E-state index < -0.39 is 0 Å². The summed E-state index contributed by atoms with van der Waals surface area (Å²) in [5.74, 6) is 1.30. The van der Waals surface area contributed by atoms with Crippen molar-refractivity contribution in [3.05, 3.63) is 42.0 Å². The molecule has 0 bridgehead atoms. The molecule has 2 heterocycles. The fraction of sp³-hybridized carbons (Fsp3) is 0.444. The molecule has 0 saturated carbocycles. The van der Waals surface area contributed by atoms with Crippen LogP contribution >= 0.6 is 0 Å². The Morgan fingerprint density at radius 3 is 2.52 bits per heavy atom. The van der Waals surface area contributed by atoms with Crippen LogP contribution in [0.4, 0.5) is 10.5 Å². The number of carbonyl (C=O) groups excluding carboxylic acids is 2. The Morgan fingerprint density at radius 2 is 1.87 bits per heavy atom. The zero-order chi connectivity index (χ0) is 15.8. The lowest BCUT2D eigenvalue weighted by Gasteiger charge is -2.19. The number of fused-ring (bicyclic) bond motifs is 1. The standard InChI is InChI=1S/C18H21N3O2/c22-17(20-11-14-4-1-2-5-15(14)12-20)13-6-3-7-16(10-13)21-9-8-19-18(21)23/h1-3,6-7,10,14-15H,4-5,8-9,11-12H2,(H,19,23)/t14-,15+. The lowest BCUT2D eigenvalue weighted by Crippen LogP contribution is -2.30. The summed E-state index contributed by atoms with van der Waals surface area (Å²) in [5.41, 5.74) is 1.47. The van der Waals surface area contributed by atoms with Crippen LogP contribution in [0.15, 0.2) is 36.4 Å². The molecule has 0 aromatic heterocycles. The Hall–Kier alpha value is -2.30. The molecule has 1 aliphatic carbocycles. The molecule has 120 valence electrons. The molecule has 2 aliphatic heterocycles. The van der Waals surface area contributed by atoms with Gasteiger partial charge in [0.15, 0.2) is 0 Å². The average Bonchev–Trinajstić information content (AvgIpc) is 3.20. The minimum absolute atomic E-state index is 0.0841. The molecule has 3 aliphatic rings. The summed E-state index contributed by atoms with van der Waals surface area (Å²) in [7, 11) is 0. The van der Waals surface area contributed by atoms with E-state index in [1.165, 1.54) is 0 Å². The van der Waals surface area contributed by atoms with Gasteiger partial charge in [-0.1, -0.05) is 18.2 Å². The predicted molar refractivity (Wildman–Crippen MR) is 88.4 cm³/mol. The summed E-state index contributed by atoms with van der Waals surface area (Å²) in [6.07, 6.45) is 6.65. The lowest BCUT2D eigenvalue weighted by atomic mass is 9.86. The molecule has 0 spiro atoms. The molecule has 1 N–H and O–H groups in total. The topological polar surface area (TPSA) is 52.7 Å². The van der Waals surface area contributed by atoms with Crippen LogP contribution in [0, 0.1) is 11.8 Å². The van der Waals surface area contributed by atoms with E-state index in [2.05, 4.69) is 17.5 Å². The fourth-order valence-electron chi connectivity index (χ4n) is 3.89. The van der Waals surface area contributed by atoms with Gasteiger partial charge in [-0.2, -0.15) is 0 Å². The molecule has 5 heteroatoms. The summed E-state index contributed by atoms with van der Waals surface area (Å²) in [5, 5.41) is 2.79. The molecule has 4 rings (SSSR count). The van der Waals surface area contributed by atoms with Gasteiger partial charge in [0.2, 0.25) is 0 Å². The summed E-state index contributed by atoms with van der Waals surface area (Å²) >= 11 is 0. The van der Waals surface area contributed by atoms with Gasteiger partial charge in [-0.15, -0.1) is 0 Å². The van der Waals surface area contributed by atoms with Crippen molar-refractivity contribution in [2.45, 2.75) is 12.8 Å². The largest absolute Gasteiger partial charge is 0.338 e. The van der Waals surface area contributed by atoms with Crippen molar-refractivity contribution in [3.63, 3.8) is 0 Å². The highest BCUT2D eigenvalue weighted by molar-refractivity contribution is 5.98. The third-order valence-corrected chi connectivity index (χ3v) is 5.17. The molecule has 23 heavy (non-hydrogen) atoms. The van der Waals surface area contributed by atoms with Crippen molar-refractivity contribution in [2.24, 2.45) is 11.8 Å². The molecule has 2 saturated heterocycles. The minimum atomic E-state index is -0.0899. The number of allylic oxidation sites excluding steroid dienone is 2. The summed E-state index contributed by atoms with van der Waals surface area (Å²) in [4.78, 5) is 28.3. The first-order valence-corrected chi connectivity index (χ1v) is 8.32. The number of rotatable bonds is 2. The Kier molecular flexibility index (Phi) is 3.56. The maximum Gasteiger partial charge on any atom is 0.321 e. The fourth-order valence-corrected chi connectivity index (χ4v) is 3.89. The zero-order valence-corrected chi connectivity index (χ0v) is 13.1. The van der Waals surface area contributed by atoms with Crippen molar-refractivity contribution < 1.29 is 9.59 Å². The van der Waals surface area contributed by atoms with Crippen LogP contribution in [0.25, 0.3) is 0 Å². The van der Waals surface area contributed by atoms with Crippen LogP contribution in [-0.2, 0) is 0 Å². The number of benzene rings is 1. The number of carbonyl (C=O) groups is 2. The second-order valence-corrected chi connectivity index (χ2v) is 6.61. The summed E-state index contributed by atoms with van der Waals surface area (Å²) in [6, 6.07) is 7.34. The van der Waals surface area contributed by atoms with E-state index in [4.69, 9.17) is 0 Å². The quantitative estimate of drug-likeness (QED) is 0.852. The van der Waals surface area contributed by atoms with Crippen LogP contribution in [0.2, 0.25) is 0 Å². The zero-order valence-electron chi connectivity index (χ0n) is 13.1. The number of amides is 3. The third kappa shape index (κ3) is 2.60. The van der Waals surface area contributed by atoms with Crippen LogP contribution in [0.5, 0.6) is 0 Å². The molecular formula is C18H21N3O2. The number of urea groups is 1. The molecule has 1 aromatic rings. The molecular weight excluding hydrogens is 290 g/mol. The van der Waals surface area contributed by atoms with Gasteiger partial charge in [0.05, 0.1) is 0 Å². The van der Waals surface area contributed by atoms with Gasteiger partial charge in [-0.05, 0) is 42.9 Å². The van der Waals surface area contributed by atoms with Gasteiger partial charge >= 0.3 is 6.03 Å². The van der Waals surface area contributed by atoms with Gasteiger partial charge in [0.25, 0.3) is 5.91 Å². The van der Waals surface area contributed by atoms with E-state index in [-0.39, 0.29) is 11.9 Å². The smallest absolute Gasteiger partial charge is 0.321 e. The SMILES string of the molecule is O=C(c1cccc(N2CCNC2=O)c1)N1C[C@H]2CC=CC[C@H]2C1. The van der Waals surface area contributed by atoms with Gasteiger partial charge < -0.3 is 10.2 Å². The number of nitrogens with one attached hydrogen (secondary N) is 1. The monoisotopic (exact) mass is 311 g/mol. The van der Waals surface area contributed by atoms with Crippen molar-refractivity contribution in [2.75, 3.05) is 31.1 Å². The molecule has 1 aromatic carbocycles. The first kappa shape index (κ1) is 14.3. The van der Waals surface area contributed by atoms with Crippen molar-refractivity contribution in [3.8, 4) is 0 Å². The molecule has 5 nitrogen and oxygen atoms in total. The molecule has 3 amide bonds. The molecule has 0 radical (unpaired) electrons. The second-order valence-electron chi connectivity index (χ2n) is 6.61. The van der Waals surface area contributed by atoms with E-state index in [0.717, 1.165) is 31.6 Å². The van der Waals surface area contributed by atoms with Crippen molar-refractivity contribution in [1.29, 1.82) is 0 Å². The van der Waals surface area contributed by atoms with E-state index in [9.17, 15) is 9.59 Å². The maximum atomic E-state index is 12.8. The van der Waals surface area contributed by atoms with Crippen LogP contribution < -0.4 is 10.2 Å². The third-order valence-electron chi connectivity index (χ3n) is 5.17. The number of hydrogen-bond acceptors (Lipinski definition) is 2. The molecule has 2 atom stereocenters. The van der Waals surface area contributed by atoms with Crippen molar-refractivity contribution >= 4 is 17.6 Å². The number of nitrogens with zero attached hydrogens (tertiary/aromatic N) is 2.